The second-order valence-corrected chi connectivity index (χ2v) is 6.00. The lowest BCUT2D eigenvalue weighted by atomic mass is 9.89. The van der Waals surface area contributed by atoms with Crippen LogP contribution in [0.5, 0.6) is 0 Å². The zero-order valence-electron chi connectivity index (χ0n) is 12.2. The lowest BCUT2D eigenvalue weighted by Gasteiger charge is -2.33. The standard InChI is InChI=1S/C17H13ClFNO3/c1-17(16(22)20-13-4-2-3-11(18)8-13)9-10-7-12(19)5-6-14(10)15(21)23-17/h2-8H,9H2,1H3,(H,20,22). The lowest BCUT2D eigenvalue weighted by molar-refractivity contribution is -0.134. The minimum Gasteiger partial charge on any atom is -0.445 e. The zero-order valence-corrected chi connectivity index (χ0v) is 13.0. The molecule has 1 aliphatic rings. The molecular formula is C17H13ClFNO3. The molecule has 0 aliphatic carbocycles. The first-order chi connectivity index (χ1) is 10.9. The van der Waals surface area contributed by atoms with Crippen molar-refractivity contribution >= 4 is 29.2 Å². The van der Waals surface area contributed by atoms with Crippen LogP contribution in [0.4, 0.5) is 10.1 Å². The van der Waals surface area contributed by atoms with E-state index in [2.05, 4.69) is 5.32 Å². The van der Waals surface area contributed by atoms with Gasteiger partial charge in [-0.3, -0.25) is 4.79 Å². The van der Waals surface area contributed by atoms with Crippen molar-refractivity contribution in [2.75, 3.05) is 5.32 Å². The van der Waals surface area contributed by atoms with E-state index in [-0.39, 0.29) is 12.0 Å². The Morgan fingerprint density at radius 3 is 2.83 bits per heavy atom. The first-order valence-electron chi connectivity index (χ1n) is 6.96. The summed E-state index contributed by atoms with van der Waals surface area (Å²) >= 11 is 5.88. The number of hydrogen-bond acceptors (Lipinski definition) is 3. The van der Waals surface area contributed by atoms with Crippen molar-refractivity contribution in [1.29, 1.82) is 0 Å². The number of anilines is 1. The first-order valence-corrected chi connectivity index (χ1v) is 7.34. The Hall–Kier alpha value is -2.40. The molecule has 1 aliphatic heterocycles. The van der Waals surface area contributed by atoms with E-state index < -0.39 is 23.3 Å². The van der Waals surface area contributed by atoms with Gasteiger partial charge in [0, 0.05) is 17.1 Å². The van der Waals surface area contributed by atoms with Crippen LogP contribution >= 0.6 is 11.6 Å². The SMILES string of the molecule is CC1(C(=O)Nc2cccc(Cl)c2)Cc2cc(F)ccc2C(=O)O1. The average molecular weight is 334 g/mol. The summed E-state index contributed by atoms with van der Waals surface area (Å²) in [6, 6.07) is 10.4. The van der Waals surface area contributed by atoms with E-state index in [4.69, 9.17) is 16.3 Å². The van der Waals surface area contributed by atoms with Gasteiger partial charge in [0.25, 0.3) is 5.91 Å². The van der Waals surface area contributed by atoms with E-state index >= 15 is 0 Å². The minimum atomic E-state index is -1.42. The number of fused-ring (bicyclic) bond motifs is 1. The van der Waals surface area contributed by atoms with Gasteiger partial charge in [-0.05, 0) is 48.9 Å². The highest BCUT2D eigenvalue weighted by molar-refractivity contribution is 6.30. The molecule has 3 rings (SSSR count). The Morgan fingerprint density at radius 1 is 1.30 bits per heavy atom. The predicted octanol–water partition coefficient (Wildman–Crippen LogP) is 3.59. The van der Waals surface area contributed by atoms with Crippen molar-refractivity contribution in [2.45, 2.75) is 18.9 Å². The summed E-state index contributed by atoms with van der Waals surface area (Å²) in [7, 11) is 0. The van der Waals surface area contributed by atoms with Crippen LogP contribution in [0.25, 0.3) is 0 Å². The van der Waals surface area contributed by atoms with Crippen molar-refractivity contribution in [3.8, 4) is 0 Å². The molecule has 0 spiro atoms. The molecule has 2 aromatic rings. The highest BCUT2D eigenvalue weighted by Crippen LogP contribution is 2.30. The number of hydrogen-bond donors (Lipinski definition) is 1. The topological polar surface area (TPSA) is 55.4 Å². The van der Waals surface area contributed by atoms with Gasteiger partial charge < -0.3 is 10.1 Å². The molecule has 1 heterocycles. The zero-order chi connectivity index (χ0) is 16.6. The number of esters is 1. The van der Waals surface area contributed by atoms with Gasteiger partial charge in [0.15, 0.2) is 5.60 Å². The van der Waals surface area contributed by atoms with Crippen molar-refractivity contribution in [3.63, 3.8) is 0 Å². The van der Waals surface area contributed by atoms with E-state index in [0.717, 1.165) is 0 Å². The van der Waals surface area contributed by atoms with Crippen molar-refractivity contribution in [1.82, 2.24) is 0 Å². The highest BCUT2D eigenvalue weighted by Gasteiger charge is 2.42. The fourth-order valence-electron chi connectivity index (χ4n) is 2.52. The van der Waals surface area contributed by atoms with Gasteiger partial charge in [-0.1, -0.05) is 17.7 Å². The van der Waals surface area contributed by atoms with Gasteiger partial charge in [0.2, 0.25) is 0 Å². The first kappa shape index (κ1) is 15.5. The molecule has 0 radical (unpaired) electrons. The van der Waals surface area contributed by atoms with E-state index in [9.17, 15) is 14.0 Å². The third kappa shape index (κ3) is 3.05. The van der Waals surface area contributed by atoms with E-state index in [1.165, 1.54) is 25.1 Å². The van der Waals surface area contributed by atoms with Gasteiger partial charge in [-0.25, -0.2) is 9.18 Å². The predicted molar refractivity (Wildman–Crippen MR) is 84.0 cm³/mol. The maximum absolute atomic E-state index is 13.4. The Kier molecular flexibility index (Phi) is 3.82. The van der Waals surface area contributed by atoms with Crippen LogP contribution in [0.3, 0.4) is 0 Å². The normalized spacial score (nSPS) is 19.7. The second-order valence-electron chi connectivity index (χ2n) is 5.56. The van der Waals surface area contributed by atoms with Crippen LogP contribution in [0, 0.1) is 5.82 Å². The molecular weight excluding hydrogens is 321 g/mol. The van der Waals surface area contributed by atoms with Gasteiger partial charge in [-0.2, -0.15) is 0 Å². The highest BCUT2D eigenvalue weighted by atomic mass is 35.5. The van der Waals surface area contributed by atoms with Crippen molar-refractivity contribution in [2.24, 2.45) is 0 Å². The van der Waals surface area contributed by atoms with Crippen molar-refractivity contribution in [3.05, 3.63) is 64.4 Å². The van der Waals surface area contributed by atoms with Crippen LogP contribution in [0.1, 0.15) is 22.8 Å². The fraction of sp³-hybridized carbons (Fsp3) is 0.176. The van der Waals surface area contributed by atoms with E-state index in [1.54, 1.807) is 24.3 Å². The molecule has 1 atom stereocenters. The molecule has 2 aromatic carbocycles. The molecule has 0 bridgehead atoms. The maximum Gasteiger partial charge on any atom is 0.339 e. The molecule has 1 N–H and O–H groups in total. The van der Waals surface area contributed by atoms with Gasteiger partial charge in [-0.15, -0.1) is 0 Å². The number of amides is 1. The van der Waals surface area contributed by atoms with Gasteiger partial charge >= 0.3 is 5.97 Å². The summed E-state index contributed by atoms with van der Waals surface area (Å²) < 4.78 is 18.7. The quantitative estimate of drug-likeness (QED) is 0.854. The minimum absolute atomic E-state index is 0.0955. The Morgan fingerprint density at radius 2 is 2.09 bits per heavy atom. The summed E-state index contributed by atoms with van der Waals surface area (Å²) in [5.41, 5.74) is -0.200. The molecule has 0 saturated carbocycles. The fourth-order valence-corrected chi connectivity index (χ4v) is 2.71. The molecule has 0 aromatic heterocycles. The Balaban J connectivity index is 1.87. The average Bonchev–Trinajstić information content (AvgIpc) is 2.46. The number of carbonyl (C=O) groups is 2. The Labute approximate surface area is 137 Å². The van der Waals surface area contributed by atoms with Gasteiger partial charge in [0.05, 0.1) is 5.56 Å². The number of nitrogens with one attached hydrogen (secondary N) is 1. The number of carbonyl (C=O) groups excluding carboxylic acids is 2. The van der Waals surface area contributed by atoms with Crippen LogP contribution in [0.15, 0.2) is 42.5 Å². The second kappa shape index (κ2) is 5.66. The van der Waals surface area contributed by atoms with Crippen LogP contribution in [0.2, 0.25) is 5.02 Å². The summed E-state index contributed by atoms with van der Waals surface area (Å²) in [5, 5.41) is 3.14. The third-order valence-corrected chi connectivity index (χ3v) is 3.93. The van der Waals surface area contributed by atoms with Crippen LogP contribution in [-0.2, 0) is 16.0 Å². The molecule has 6 heteroatoms. The molecule has 0 fully saturated rings. The van der Waals surface area contributed by atoms with Gasteiger partial charge in [0.1, 0.15) is 5.82 Å². The monoisotopic (exact) mass is 333 g/mol. The largest absolute Gasteiger partial charge is 0.445 e. The lowest BCUT2D eigenvalue weighted by Crippen LogP contribution is -2.48. The number of rotatable bonds is 2. The molecule has 1 amide bonds. The van der Waals surface area contributed by atoms with E-state index in [1.807, 2.05) is 0 Å². The number of ether oxygens (including phenoxy) is 1. The smallest absolute Gasteiger partial charge is 0.339 e. The Bertz CT molecular complexity index is 808. The molecule has 0 saturated heterocycles. The van der Waals surface area contributed by atoms with Crippen LogP contribution in [-0.4, -0.2) is 17.5 Å². The summed E-state index contributed by atoms with van der Waals surface area (Å²) in [6.45, 7) is 1.50. The van der Waals surface area contributed by atoms with Crippen molar-refractivity contribution < 1.29 is 18.7 Å². The van der Waals surface area contributed by atoms with Crippen LogP contribution < -0.4 is 5.32 Å². The molecule has 4 nitrogen and oxygen atoms in total. The maximum atomic E-state index is 13.4. The number of cyclic esters (lactones) is 1. The molecule has 118 valence electrons. The molecule has 23 heavy (non-hydrogen) atoms. The van der Waals surface area contributed by atoms with E-state index in [0.29, 0.717) is 16.3 Å². The third-order valence-electron chi connectivity index (χ3n) is 3.70. The summed E-state index contributed by atoms with van der Waals surface area (Å²) in [6.07, 6.45) is 0.0955. The number of benzene rings is 2. The molecule has 1 unspecified atom stereocenters. The summed E-state index contributed by atoms with van der Waals surface area (Å²) in [5.74, 6) is -1.60. The summed E-state index contributed by atoms with van der Waals surface area (Å²) in [4.78, 5) is 24.6. The number of halogens is 2.